The molecule has 1 aliphatic heterocycles. The summed E-state index contributed by atoms with van der Waals surface area (Å²) in [6.45, 7) is 25.1. The van der Waals surface area contributed by atoms with Crippen molar-refractivity contribution in [3.05, 3.63) is 0 Å². The van der Waals surface area contributed by atoms with E-state index in [9.17, 15) is 38.4 Å². The van der Waals surface area contributed by atoms with Crippen molar-refractivity contribution in [1.29, 1.82) is 0 Å². The van der Waals surface area contributed by atoms with Crippen LogP contribution in [0.1, 0.15) is 277 Å². The lowest BCUT2D eigenvalue weighted by molar-refractivity contribution is -0.295. The fourth-order valence-electron chi connectivity index (χ4n) is 20.6. The maximum absolute atomic E-state index is 14.6. The lowest BCUT2D eigenvalue weighted by atomic mass is 9.32. The molecule has 7 fully saturated rings. The number of hydrogen-bond acceptors (Lipinski definition) is 16. The first-order chi connectivity index (χ1) is 42.0. The summed E-state index contributed by atoms with van der Waals surface area (Å²) < 4.78 is 48.1. The van der Waals surface area contributed by atoms with Crippen LogP contribution >= 0.6 is 0 Å². The van der Waals surface area contributed by atoms with Crippen LogP contribution in [0.5, 0.6) is 0 Å². The van der Waals surface area contributed by atoms with Gasteiger partial charge in [-0.1, -0.05) is 138 Å². The standard InChI is InChI=1S/C72H117NO16/c1-45(54-35-40-69(11)55(54)36-41-71(13)60(69)33-34-61-70(12)39-26-38-68(9,10)59(70)37-42-72(61,71)14)31-32-56(84-48(4)76)64(86-50(6)78)57(85-49(5)77)44-83-67-63(66(88-52(8)80)65(87-51(7)79)58(89-67)43-82-47(3)75)73(46(2)74)62(81)30-25-20-18-16-15-17-19-22-27-53-28-23-21-24-29-53/h45,53-61,63-67H,15-44H2,1-14H3/t45?,54-,55+,56-,57+,58-,59+,60-,61-,63-,64-,65-,66-,67-,69+,70+,71-,72-/m1/s1. The highest BCUT2D eigenvalue weighted by molar-refractivity contribution is 5.94. The molecule has 1 unspecified atom stereocenters. The van der Waals surface area contributed by atoms with Gasteiger partial charge in [-0.25, -0.2) is 0 Å². The number of nitrogens with zero attached hydrogens (tertiary/aromatic N) is 1. The van der Waals surface area contributed by atoms with Crippen LogP contribution in [-0.4, -0.2) is 115 Å². The second-order valence-electron chi connectivity index (χ2n) is 30.7. The van der Waals surface area contributed by atoms with Gasteiger partial charge in [0.15, 0.2) is 30.7 Å². The molecule has 0 N–H and O–H groups in total. The average Bonchev–Trinajstić information content (AvgIpc) is 1.58. The average molecular weight is 1250 g/mol. The summed E-state index contributed by atoms with van der Waals surface area (Å²) in [5, 5.41) is 0. The first kappa shape index (κ1) is 72.3. The Balaban J connectivity index is 1.09. The molecule has 0 aromatic carbocycles. The molecule has 0 bridgehead atoms. The number of hydrogen-bond donors (Lipinski definition) is 0. The molecule has 0 aromatic rings. The predicted octanol–water partition coefficient (Wildman–Crippen LogP) is 14.1. The number of imide groups is 1. The summed E-state index contributed by atoms with van der Waals surface area (Å²) in [5.41, 5.74) is 1.44. The van der Waals surface area contributed by atoms with Crippen LogP contribution in [0, 0.1) is 68.5 Å². The number of fused-ring (bicyclic) bond motifs is 7. The molecule has 17 nitrogen and oxygen atoms in total. The van der Waals surface area contributed by atoms with E-state index in [1.54, 1.807) is 0 Å². The molecule has 1 heterocycles. The summed E-state index contributed by atoms with van der Waals surface area (Å²) in [6, 6.07) is -1.62. The Labute approximate surface area is 534 Å². The number of unbranched alkanes of at least 4 members (excludes halogenated alkanes) is 7. The summed E-state index contributed by atoms with van der Waals surface area (Å²) in [5.74, 6) is -1.88. The highest BCUT2D eigenvalue weighted by Crippen LogP contribution is 2.78. The smallest absolute Gasteiger partial charge is 0.303 e. The Morgan fingerprint density at radius 3 is 1.70 bits per heavy atom. The van der Waals surface area contributed by atoms with Crippen molar-refractivity contribution in [1.82, 2.24) is 4.90 Å². The molecular weight excluding hydrogens is 1130 g/mol. The monoisotopic (exact) mass is 1250 g/mol. The molecular formula is C72H117NO16. The van der Waals surface area contributed by atoms with Gasteiger partial charge in [0.2, 0.25) is 11.8 Å². The molecule has 506 valence electrons. The van der Waals surface area contributed by atoms with Crippen molar-refractivity contribution in [3.63, 3.8) is 0 Å². The molecule has 0 aromatic heterocycles. The third-order valence-corrected chi connectivity index (χ3v) is 24.5. The van der Waals surface area contributed by atoms with Crippen molar-refractivity contribution in [3.8, 4) is 0 Å². The first-order valence-corrected chi connectivity index (χ1v) is 35.1. The van der Waals surface area contributed by atoms with Crippen molar-refractivity contribution in [2.75, 3.05) is 13.2 Å². The summed E-state index contributed by atoms with van der Waals surface area (Å²) in [6.07, 6.45) is 20.2. The quantitative estimate of drug-likeness (QED) is 0.0405. The first-order valence-electron chi connectivity index (χ1n) is 35.1. The molecule has 7 aliphatic rings. The van der Waals surface area contributed by atoms with E-state index in [1.165, 1.54) is 144 Å². The van der Waals surface area contributed by atoms with E-state index in [-0.39, 0.29) is 35.0 Å². The molecule has 0 radical (unpaired) electrons. The van der Waals surface area contributed by atoms with Gasteiger partial charge < -0.3 is 37.9 Å². The van der Waals surface area contributed by atoms with Gasteiger partial charge in [-0.15, -0.1) is 0 Å². The predicted molar refractivity (Wildman–Crippen MR) is 336 cm³/mol. The van der Waals surface area contributed by atoms with E-state index in [1.807, 2.05) is 0 Å². The third kappa shape index (κ3) is 17.0. The fraction of sp³-hybridized carbons (Fsp3) is 0.889. The Bertz CT molecular complexity index is 2440. The SMILES string of the molecule is CC(=O)OC[C@H]1O[C@@H](OC[C@H](OC(C)=O)[C@H](OC(C)=O)[C@@H](CCC(C)[C@H]2CC[C@]3(C)[C@H]4CC[C@@H]5[C@@]6(C)CCCC(C)(C)[C@@H]6CC[C@@]5(C)[C@]4(C)CC[C@@H]23)OC(C)=O)[C@H](N(C(C)=O)C(=O)CCCCCCCCCCC2CCCCC2)[C@@H](OC(C)=O)[C@@H]1OC(C)=O. The van der Waals surface area contributed by atoms with Crippen molar-refractivity contribution >= 4 is 47.6 Å². The molecule has 7 rings (SSSR count). The van der Waals surface area contributed by atoms with Gasteiger partial charge in [-0.05, 0) is 152 Å². The molecule has 89 heavy (non-hydrogen) atoms. The van der Waals surface area contributed by atoms with Gasteiger partial charge in [-0.2, -0.15) is 0 Å². The Hall–Kier alpha value is -4.12. The van der Waals surface area contributed by atoms with E-state index < -0.39 is 110 Å². The van der Waals surface area contributed by atoms with Gasteiger partial charge in [0.1, 0.15) is 24.9 Å². The highest BCUT2D eigenvalue weighted by atomic mass is 16.7. The van der Waals surface area contributed by atoms with Crippen LogP contribution in [0.25, 0.3) is 0 Å². The maximum atomic E-state index is 14.6. The minimum Gasteiger partial charge on any atom is -0.463 e. The fourth-order valence-corrected chi connectivity index (χ4v) is 20.6. The molecule has 0 spiro atoms. The van der Waals surface area contributed by atoms with E-state index in [4.69, 9.17) is 37.9 Å². The zero-order valence-electron chi connectivity index (χ0n) is 57.4. The summed E-state index contributed by atoms with van der Waals surface area (Å²) in [4.78, 5) is 107. The van der Waals surface area contributed by atoms with Gasteiger partial charge in [0.05, 0.1) is 6.61 Å². The van der Waals surface area contributed by atoms with Gasteiger partial charge in [-0.3, -0.25) is 43.3 Å². The van der Waals surface area contributed by atoms with E-state index in [2.05, 4.69) is 48.5 Å². The Morgan fingerprint density at radius 1 is 0.528 bits per heavy atom. The minimum absolute atomic E-state index is 0.0710. The largest absolute Gasteiger partial charge is 0.463 e. The van der Waals surface area contributed by atoms with Crippen LogP contribution < -0.4 is 0 Å². The van der Waals surface area contributed by atoms with Gasteiger partial charge in [0.25, 0.3) is 0 Å². The number of ether oxygens (including phenoxy) is 8. The third-order valence-electron chi connectivity index (χ3n) is 24.5. The highest BCUT2D eigenvalue weighted by Gasteiger charge is 2.70. The lowest BCUT2D eigenvalue weighted by Crippen LogP contribution is -2.68. The molecule has 2 amide bonds. The number of carbonyl (C=O) groups excluding carboxylic acids is 8. The zero-order valence-corrected chi connectivity index (χ0v) is 57.4. The van der Waals surface area contributed by atoms with Gasteiger partial charge in [0, 0.05) is 54.9 Å². The summed E-state index contributed by atoms with van der Waals surface area (Å²) >= 11 is 0. The second kappa shape index (κ2) is 31.2. The molecule has 18 atom stereocenters. The molecule has 1 saturated heterocycles. The number of esters is 6. The van der Waals surface area contributed by atoms with Crippen molar-refractivity contribution < 1.29 is 76.3 Å². The Morgan fingerprint density at radius 2 is 1.10 bits per heavy atom. The van der Waals surface area contributed by atoms with Crippen LogP contribution in [0.2, 0.25) is 0 Å². The normalized spacial score (nSPS) is 34.5. The topological polar surface area (TPSA) is 214 Å². The van der Waals surface area contributed by atoms with Crippen molar-refractivity contribution in [2.45, 2.75) is 326 Å². The number of carbonyl (C=O) groups is 8. The lowest BCUT2D eigenvalue weighted by Gasteiger charge is -2.73. The van der Waals surface area contributed by atoms with Gasteiger partial charge >= 0.3 is 35.8 Å². The van der Waals surface area contributed by atoms with Crippen LogP contribution in [-0.2, 0) is 76.3 Å². The van der Waals surface area contributed by atoms with E-state index >= 15 is 0 Å². The van der Waals surface area contributed by atoms with E-state index in [0.717, 1.165) is 81.4 Å². The molecule has 6 saturated carbocycles. The van der Waals surface area contributed by atoms with E-state index in [0.29, 0.717) is 41.4 Å². The van der Waals surface area contributed by atoms with Crippen LogP contribution in [0.3, 0.4) is 0 Å². The summed E-state index contributed by atoms with van der Waals surface area (Å²) in [7, 11) is 0. The second-order valence-corrected chi connectivity index (χ2v) is 30.7. The molecule has 6 aliphatic carbocycles. The van der Waals surface area contributed by atoms with Crippen LogP contribution in [0.15, 0.2) is 0 Å². The van der Waals surface area contributed by atoms with Crippen molar-refractivity contribution in [2.24, 2.45) is 68.5 Å². The minimum atomic E-state index is -1.73. The molecule has 17 heteroatoms. The maximum Gasteiger partial charge on any atom is 0.303 e. The number of rotatable bonds is 28. The Kier molecular flexibility index (Phi) is 25.4. The van der Waals surface area contributed by atoms with Crippen LogP contribution in [0.4, 0.5) is 0 Å². The zero-order chi connectivity index (χ0) is 65.2. The number of amides is 2.